The Balaban J connectivity index is 0.00000289. The Labute approximate surface area is 216 Å². The van der Waals surface area contributed by atoms with Crippen LogP contribution >= 0.6 is 0 Å². The van der Waals surface area contributed by atoms with Crippen LogP contribution in [0.5, 0.6) is 5.75 Å². The number of halogens is 1. The summed E-state index contributed by atoms with van der Waals surface area (Å²) in [6.45, 7) is 4.69. The number of nitrogens with zero attached hydrogens (tertiary/aromatic N) is 2. The summed E-state index contributed by atoms with van der Waals surface area (Å²) in [5.74, 6) is 0.658. The Morgan fingerprint density at radius 1 is 0.914 bits per heavy atom. The highest BCUT2D eigenvalue weighted by Gasteiger charge is 2.65. The van der Waals surface area contributed by atoms with Crippen molar-refractivity contribution in [2.24, 2.45) is 5.41 Å². The second kappa shape index (κ2) is 10.1. The molecule has 0 aliphatic carbocycles. The fourth-order valence-electron chi connectivity index (χ4n) is 6.27. The zero-order valence-corrected chi connectivity index (χ0v) is 21.3. The van der Waals surface area contributed by atoms with Crippen LogP contribution in [0.3, 0.4) is 0 Å². The first kappa shape index (κ1) is 25.4. The van der Waals surface area contributed by atoms with Gasteiger partial charge in [-0.05, 0) is 23.3 Å². The molecule has 2 heterocycles. The lowest BCUT2D eigenvalue weighted by molar-refractivity contribution is -0.909. The summed E-state index contributed by atoms with van der Waals surface area (Å²) in [5.41, 5.74) is 0.825. The monoisotopic (exact) mass is 538 g/mol. The molecule has 3 aromatic rings. The van der Waals surface area contributed by atoms with Crippen LogP contribution in [0.1, 0.15) is 30.4 Å². The van der Waals surface area contributed by atoms with Crippen molar-refractivity contribution >= 4 is 5.69 Å². The number of benzene rings is 3. The molecule has 2 aliphatic rings. The summed E-state index contributed by atoms with van der Waals surface area (Å²) in [6.07, 6.45) is 2.90. The molecule has 0 spiro atoms. The van der Waals surface area contributed by atoms with Crippen molar-refractivity contribution in [1.82, 2.24) is 0 Å². The number of ether oxygens (including phenoxy) is 1. The normalized spacial score (nSPS) is 23.0. The molecule has 2 bridgehead atoms. The summed E-state index contributed by atoms with van der Waals surface area (Å²) < 4.78 is 6.87. The molecule has 0 aromatic heterocycles. The Bertz CT molecular complexity index is 1090. The minimum Gasteiger partial charge on any atom is -1.00 e. The predicted octanol–water partition coefficient (Wildman–Crippen LogP) is 1.91. The van der Waals surface area contributed by atoms with Crippen molar-refractivity contribution in [3.8, 4) is 5.75 Å². The van der Waals surface area contributed by atoms with E-state index in [4.69, 9.17) is 4.74 Å². The van der Waals surface area contributed by atoms with Gasteiger partial charge in [-0.25, -0.2) is 0 Å². The van der Waals surface area contributed by atoms with E-state index in [9.17, 15) is 15.2 Å². The van der Waals surface area contributed by atoms with E-state index in [1.54, 1.807) is 12.1 Å². The molecule has 2 saturated heterocycles. The zero-order valence-electron chi connectivity index (χ0n) is 19.7. The first-order chi connectivity index (χ1) is 16.5. The van der Waals surface area contributed by atoms with Gasteiger partial charge in [0.05, 0.1) is 43.1 Å². The third-order valence-corrected chi connectivity index (χ3v) is 8.01. The second-order valence-electron chi connectivity index (χ2n) is 9.85. The molecule has 3 aromatic carbocycles. The number of fused-ring (bicyclic) bond motifs is 2. The number of hydrogen-bond acceptors (Lipinski definition) is 4. The lowest BCUT2D eigenvalue weighted by Gasteiger charge is -2.42. The van der Waals surface area contributed by atoms with Crippen molar-refractivity contribution < 1.29 is 36.2 Å². The molecule has 0 amide bonds. The lowest BCUT2D eigenvalue weighted by Crippen LogP contribution is -3.00. The molecule has 0 unspecified atom stereocenters. The van der Waals surface area contributed by atoms with Gasteiger partial charge in [0.1, 0.15) is 11.4 Å². The Hall–Kier alpha value is -2.74. The van der Waals surface area contributed by atoms with Gasteiger partial charge in [0.25, 0.3) is 5.69 Å². The van der Waals surface area contributed by atoms with Crippen LogP contribution in [0, 0.1) is 15.5 Å². The molecule has 35 heavy (non-hydrogen) atoms. The number of piperidine rings is 1. The highest BCUT2D eigenvalue weighted by Crippen LogP contribution is 2.58. The van der Waals surface area contributed by atoms with E-state index in [0.29, 0.717) is 12.4 Å². The summed E-state index contributed by atoms with van der Waals surface area (Å²) >= 11 is 0. The Morgan fingerprint density at radius 3 is 1.97 bits per heavy atom. The summed E-state index contributed by atoms with van der Waals surface area (Å²) in [6, 6.07) is 26.6. The first-order valence-corrected chi connectivity index (χ1v) is 12.0. The predicted molar refractivity (Wildman–Crippen MR) is 130 cm³/mol. The molecule has 0 atom stereocenters. The van der Waals surface area contributed by atoms with Crippen LogP contribution in [0.2, 0.25) is 0 Å². The van der Waals surface area contributed by atoms with Crippen LogP contribution in [-0.4, -0.2) is 47.3 Å². The van der Waals surface area contributed by atoms with Gasteiger partial charge in [-0.1, -0.05) is 60.7 Å². The van der Waals surface area contributed by atoms with Crippen LogP contribution in [0.4, 0.5) is 5.69 Å². The van der Waals surface area contributed by atoms with Crippen LogP contribution in [0.25, 0.3) is 0 Å². The van der Waals surface area contributed by atoms with Gasteiger partial charge >= 0.3 is 0 Å². The fraction of sp³-hybridized carbons (Fsp3) is 0.357. The van der Waals surface area contributed by atoms with Crippen molar-refractivity contribution in [2.75, 3.05) is 32.8 Å². The van der Waals surface area contributed by atoms with E-state index in [2.05, 4.69) is 24.3 Å². The average molecular weight is 539 g/mol. The molecular weight excluding hydrogens is 508 g/mol. The maximum Gasteiger partial charge on any atom is 0.269 e. The number of nitro benzene ring substituents is 1. The number of non-ortho nitro benzene ring substituents is 1. The van der Waals surface area contributed by atoms with Crippen molar-refractivity contribution in [3.63, 3.8) is 0 Å². The maximum atomic E-state index is 12.4. The molecule has 2 aliphatic heterocycles. The minimum atomic E-state index is -1.01. The quantitative estimate of drug-likeness (QED) is 0.195. The molecule has 7 heteroatoms. The summed E-state index contributed by atoms with van der Waals surface area (Å²) in [4.78, 5) is 10.4. The topological polar surface area (TPSA) is 72.6 Å². The van der Waals surface area contributed by atoms with Crippen LogP contribution in [-0.2, 0) is 5.60 Å². The third-order valence-electron chi connectivity index (χ3n) is 8.01. The second-order valence-corrected chi connectivity index (χ2v) is 9.85. The van der Waals surface area contributed by atoms with E-state index < -0.39 is 10.5 Å². The number of nitro groups is 1. The highest BCUT2D eigenvalue weighted by atomic mass is 79.9. The van der Waals surface area contributed by atoms with Crippen molar-refractivity contribution in [2.45, 2.75) is 24.9 Å². The smallest absolute Gasteiger partial charge is 0.269 e. The standard InChI is InChI=1S/C28H31N2O4.BrH/c31-28(23-8-3-1-4-9-23,24-10-5-2-6-11-24)27-16-19-30(22-27,20-17-27)18-7-21-34-26-14-12-25(13-15-26)29(32)33;/h1-6,8-15,31H,7,16-22H2;1H/q+1;/p-1. The van der Waals surface area contributed by atoms with Crippen LogP contribution in [0.15, 0.2) is 84.9 Å². The van der Waals surface area contributed by atoms with Gasteiger partial charge in [0.2, 0.25) is 0 Å². The largest absolute Gasteiger partial charge is 1.00 e. The maximum absolute atomic E-state index is 12.4. The number of rotatable bonds is 9. The van der Waals surface area contributed by atoms with Gasteiger partial charge < -0.3 is 31.3 Å². The fourth-order valence-corrected chi connectivity index (χ4v) is 6.27. The van der Waals surface area contributed by atoms with E-state index >= 15 is 0 Å². The Kier molecular flexibility index (Phi) is 7.31. The summed E-state index contributed by atoms with van der Waals surface area (Å²) in [7, 11) is 0. The van der Waals surface area contributed by atoms with Gasteiger partial charge in [-0.2, -0.15) is 0 Å². The minimum absolute atomic E-state index is 0. The molecule has 5 rings (SSSR count). The molecule has 184 valence electrons. The van der Waals surface area contributed by atoms with Crippen molar-refractivity contribution in [3.05, 3.63) is 106 Å². The van der Waals surface area contributed by atoms with Crippen molar-refractivity contribution in [1.29, 1.82) is 0 Å². The van der Waals surface area contributed by atoms with E-state index in [0.717, 1.165) is 61.1 Å². The highest BCUT2D eigenvalue weighted by molar-refractivity contribution is 5.40. The third kappa shape index (κ3) is 4.60. The number of aliphatic hydroxyl groups is 1. The molecule has 0 saturated carbocycles. The van der Waals surface area contributed by atoms with Gasteiger partial charge in [-0.15, -0.1) is 0 Å². The number of quaternary nitrogens is 1. The molecular formula is C28H31BrN2O4. The summed E-state index contributed by atoms with van der Waals surface area (Å²) in [5, 5.41) is 23.3. The van der Waals surface area contributed by atoms with E-state index in [-0.39, 0.29) is 28.1 Å². The first-order valence-electron chi connectivity index (χ1n) is 12.0. The number of hydrogen-bond donors (Lipinski definition) is 1. The molecule has 0 radical (unpaired) electrons. The molecule has 2 fully saturated rings. The SMILES string of the molecule is O=[N+]([O-])c1ccc(OCCC[N+]23CCC(C(O)(c4ccccc4)c4ccccc4)(CC2)C3)cc1.[Br-]. The lowest BCUT2D eigenvalue weighted by atomic mass is 9.63. The molecule has 1 N–H and O–H groups in total. The van der Waals surface area contributed by atoms with Gasteiger partial charge in [-0.3, -0.25) is 10.1 Å². The van der Waals surface area contributed by atoms with Crippen LogP contribution < -0.4 is 21.7 Å². The Morgan fingerprint density at radius 2 is 1.46 bits per heavy atom. The van der Waals surface area contributed by atoms with Gasteiger partial charge in [0.15, 0.2) is 0 Å². The van der Waals surface area contributed by atoms with E-state index in [1.165, 1.54) is 12.1 Å². The van der Waals surface area contributed by atoms with E-state index in [1.807, 2.05) is 36.4 Å². The average Bonchev–Trinajstić information content (AvgIpc) is 3.46. The molecule has 6 nitrogen and oxygen atoms in total. The van der Waals surface area contributed by atoms with Gasteiger partial charge in [0, 0.05) is 31.4 Å². The zero-order chi connectivity index (χ0) is 23.7.